The van der Waals surface area contributed by atoms with E-state index in [4.69, 9.17) is 23.7 Å². The molecule has 0 aromatic heterocycles. The van der Waals surface area contributed by atoms with E-state index >= 15 is 0 Å². The van der Waals surface area contributed by atoms with E-state index in [1.807, 2.05) is 6.92 Å². The molecule has 8 rings (SSSR count). The number of amides is 2. The van der Waals surface area contributed by atoms with E-state index in [0.717, 1.165) is 4.90 Å². The number of likely N-dealkylation sites (N-methyl/N-ethyl adjacent to an activating group) is 1. The summed E-state index contributed by atoms with van der Waals surface area (Å²) in [6, 6.07) is 5.95. The number of carbonyl (C=O) groups is 4. The largest absolute Gasteiger partial charge is 0.462 e. The van der Waals surface area contributed by atoms with Crippen LogP contribution in [0.5, 0.6) is 0 Å². The average molecular weight is 711 g/mol. The summed E-state index contributed by atoms with van der Waals surface area (Å²) in [4.78, 5) is 55.9. The van der Waals surface area contributed by atoms with Gasteiger partial charge in [-0.15, -0.1) is 0 Å². The van der Waals surface area contributed by atoms with Crippen molar-refractivity contribution in [1.82, 2.24) is 4.90 Å². The highest BCUT2D eigenvalue weighted by atomic mass is 16.6. The Bertz CT molecular complexity index is 1650. The number of likely N-dealkylation sites (tertiary alicyclic amines) is 1. The molecule has 51 heavy (non-hydrogen) atoms. The molecule has 0 radical (unpaired) electrons. The van der Waals surface area contributed by atoms with Crippen molar-refractivity contribution in [2.45, 2.75) is 94.5 Å². The third-order valence-electron chi connectivity index (χ3n) is 14.6. The molecule has 13 heteroatoms. The normalized spacial score (nSPS) is 46.4. The minimum absolute atomic E-state index is 0.0201. The molecule has 278 valence electrons. The molecular weight excluding hydrogens is 660 g/mol. The number of rotatable bonds is 9. The topological polar surface area (TPSA) is 161 Å². The molecule has 13 nitrogen and oxygen atoms in total. The first-order valence-corrected chi connectivity index (χ1v) is 18.4. The van der Waals surface area contributed by atoms with Crippen molar-refractivity contribution in [3.63, 3.8) is 0 Å². The number of ether oxygens (including phenoxy) is 5. The fraction of sp³-hybridized carbons (Fsp3) is 0.737. The first-order chi connectivity index (χ1) is 24.3. The molecule has 7 bridgehead atoms. The van der Waals surface area contributed by atoms with Crippen LogP contribution >= 0.6 is 0 Å². The second-order valence-electron chi connectivity index (χ2n) is 16.3. The summed E-state index contributed by atoms with van der Waals surface area (Å²) in [5, 5.41) is 26.7. The molecule has 7 unspecified atom stereocenters. The monoisotopic (exact) mass is 710 g/mol. The molecule has 7 fully saturated rings. The van der Waals surface area contributed by atoms with Crippen LogP contribution < -0.4 is 4.90 Å². The van der Waals surface area contributed by atoms with Crippen molar-refractivity contribution in [3.05, 3.63) is 29.8 Å². The molecule has 2 heterocycles. The second kappa shape index (κ2) is 11.8. The van der Waals surface area contributed by atoms with Gasteiger partial charge >= 0.3 is 11.9 Å². The molecule has 1 aromatic carbocycles. The maximum absolute atomic E-state index is 14.1. The number of benzene rings is 1. The zero-order valence-electron chi connectivity index (χ0n) is 30.2. The van der Waals surface area contributed by atoms with Crippen LogP contribution in [0.25, 0.3) is 0 Å². The first kappa shape index (κ1) is 35.1. The van der Waals surface area contributed by atoms with Crippen molar-refractivity contribution >= 4 is 29.4 Å². The minimum Gasteiger partial charge on any atom is -0.462 e. The van der Waals surface area contributed by atoms with Crippen molar-refractivity contribution in [1.29, 1.82) is 0 Å². The zero-order valence-corrected chi connectivity index (χ0v) is 30.2. The molecule has 1 spiro atoms. The number of fused-ring (bicyclic) bond motifs is 2. The molecule has 14 atom stereocenters. The molecule has 5 saturated carbocycles. The SMILES string of the molecule is CCN1C[C@]2(COC(=O)c3ccccc3N3C(=O)CC(C)C3=O)CCC(OC)C34C5C[C@@H]6[C@@H](OC)C[C@@](O)(C5[C@H]6OC(C)=O)[C@](O)(C13)[C@@H](OC)C42. The molecule has 2 N–H and O–H groups in total. The van der Waals surface area contributed by atoms with E-state index in [1.165, 1.54) is 6.92 Å². The maximum Gasteiger partial charge on any atom is 0.340 e. The average Bonchev–Trinajstić information content (AvgIpc) is 3.61. The smallest absolute Gasteiger partial charge is 0.340 e. The molecule has 1 aromatic rings. The number of hydrogen-bond acceptors (Lipinski definition) is 12. The van der Waals surface area contributed by atoms with Gasteiger partial charge in [0.05, 0.1) is 42.2 Å². The predicted octanol–water partition coefficient (Wildman–Crippen LogP) is 1.95. The number of piperidine rings is 1. The molecule has 2 amide bonds. The minimum atomic E-state index is -1.82. The van der Waals surface area contributed by atoms with Crippen LogP contribution in [-0.2, 0) is 38.1 Å². The highest BCUT2D eigenvalue weighted by molar-refractivity contribution is 6.22. The summed E-state index contributed by atoms with van der Waals surface area (Å²) in [5.74, 6) is -3.74. The number of anilines is 1. The Morgan fingerprint density at radius 3 is 2.43 bits per heavy atom. The Morgan fingerprint density at radius 2 is 1.80 bits per heavy atom. The van der Waals surface area contributed by atoms with Crippen LogP contribution in [-0.4, -0.2) is 122 Å². The predicted molar refractivity (Wildman–Crippen MR) is 179 cm³/mol. The highest BCUT2D eigenvalue weighted by Crippen LogP contribution is 2.80. The summed E-state index contributed by atoms with van der Waals surface area (Å²) < 4.78 is 31.1. The summed E-state index contributed by atoms with van der Waals surface area (Å²) in [6.07, 6.45) is -0.303. The van der Waals surface area contributed by atoms with E-state index in [-0.39, 0.29) is 60.5 Å². The van der Waals surface area contributed by atoms with Crippen LogP contribution in [0, 0.1) is 40.4 Å². The number of esters is 2. The van der Waals surface area contributed by atoms with Gasteiger partial charge in [-0.2, -0.15) is 0 Å². The van der Waals surface area contributed by atoms with Crippen LogP contribution in [0.4, 0.5) is 5.69 Å². The van der Waals surface area contributed by atoms with E-state index in [1.54, 1.807) is 52.5 Å². The number of imide groups is 1. The van der Waals surface area contributed by atoms with Crippen LogP contribution in [0.2, 0.25) is 0 Å². The number of nitrogens with zero attached hydrogens (tertiary/aromatic N) is 2. The Balaban J connectivity index is 1.24. The third kappa shape index (κ3) is 4.19. The van der Waals surface area contributed by atoms with Crippen molar-refractivity contribution in [3.8, 4) is 0 Å². The third-order valence-corrected chi connectivity index (χ3v) is 14.6. The summed E-state index contributed by atoms with van der Waals surface area (Å²) in [5.41, 5.74) is -4.72. The van der Waals surface area contributed by atoms with Crippen LogP contribution in [0.3, 0.4) is 0 Å². The molecule has 7 aliphatic rings. The van der Waals surface area contributed by atoms with Crippen molar-refractivity contribution in [2.24, 2.45) is 40.4 Å². The van der Waals surface area contributed by atoms with Gasteiger partial charge in [-0.3, -0.25) is 19.3 Å². The Labute approximate surface area is 297 Å². The van der Waals surface area contributed by atoms with Gasteiger partial charge in [0.2, 0.25) is 11.8 Å². The van der Waals surface area contributed by atoms with E-state index in [9.17, 15) is 29.4 Å². The lowest BCUT2D eigenvalue weighted by Gasteiger charge is -2.70. The van der Waals surface area contributed by atoms with Gasteiger partial charge in [0.15, 0.2) is 0 Å². The lowest BCUT2D eigenvalue weighted by Crippen LogP contribution is -2.82. The number of aliphatic hydroxyl groups is 2. The molecule has 2 saturated heterocycles. The summed E-state index contributed by atoms with van der Waals surface area (Å²) in [6.45, 7) is 6.10. The van der Waals surface area contributed by atoms with E-state index in [0.29, 0.717) is 32.4 Å². The lowest BCUT2D eigenvalue weighted by molar-refractivity contribution is -0.319. The highest BCUT2D eigenvalue weighted by Gasteiger charge is 2.92. The zero-order chi connectivity index (χ0) is 36.4. The Kier molecular flexibility index (Phi) is 8.11. The van der Waals surface area contributed by atoms with Crippen molar-refractivity contribution < 1.29 is 53.1 Å². The van der Waals surface area contributed by atoms with Crippen LogP contribution in [0.1, 0.15) is 63.2 Å². The lowest BCUT2D eigenvalue weighted by atomic mass is 9.42. The van der Waals surface area contributed by atoms with Gasteiger partial charge in [0.1, 0.15) is 17.3 Å². The van der Waals surface area contributed by atoms with Gasteiger partial charge in [0, 0.05) is 82.1 Å². The van der Waals surface area contributed by atoms with E-state index in [2.05, 4.69) is 4.90 Å². The molecule has 5 aliphatic carbocycles. The van der Waals surface area contributed by atoms with Gasteiger partial charge in [-0.1, -0.05) is 26.0 Å². The fourth-order valence-corrected chi connectivity index (χ4v) is 13.2. The number of hydrogen-bond donors (Lipinski definition) is 2. The van der Waals surface area contributed by atoms with Gasteiger partial charge in [-0.25, -0.2) is 9.69 Å². The fourth-order valence-electron chi connectivity index (χ4n) is 13.2. The number of para-hydroxylation sites is 1. The van der Waals surface area contributed by atoms with Gasteiger partial charge in [-0.05, 0) is 43.9 Å². The van der Waals surface area contributed by atoms with Gasteiger partial charge in [0.25, 0.3) is 0 Å². The standard InChI is InChI=1S/C38H50N2O11/c1-7-39-17-35(18-50-33(44)21-10-8-9-11-24(21)40-27(42)14-19(2)32(40)43)13-12-26(48-5)37-23-15-22-25(47-4)16-36(45,28(23)29(22)51-20(3)41)38(46,34(37)39)31(49-6)30(35)37/h8-11,19,22-23,25-26,28-31,34,45-46H,7,12-18H2,1-6H3/t19?,22-,23?,25+,26?,28?,29+,30?,31+,34?,35+,36-,37?,38-/m1/s1. The summed E-state index contributed by atoms with van der Waals surface area (Å²) >= 11 is 0. The Hall–Kier alpha value is -2.94. The van der Waals surface area contributed by atoms with E-state index < -0.39 is 76.1 Å². The maximum atomic E-state index is 14.1. The summed E-state index contributed by atoms with van der Waals surface area (Å²) in [7, 11) is 4.85. The van der Waals surface area contributed by atoms with Crippen molar-refractivity contribution in [2.75, 3.05) is 45.9 Å². The first-order valence-electron chi connectivity index (χ1n) is 18.4. The number of carbonyl (C=O) groups excluding carboxylic acids is 4. The second-order valence-corrected chi connectivity index (χ2v) is 16.3. The Morgan fingerprint density at radius 1 is 1.06 bits per heavy atom. The van der Waals surface area contributed by atoms with Crippen LogP contribution in [0.15, 0.2) is 24.3 Å². The molecular formula is C38H50N2O11. The molecule has 2 aliphatic heterocycles. The van der Waals surface area contributed by atoms with Gasteiger partial charge < -0.3 is 33.9 Å². The number of methoxy groups -OCH3 is 3. The quantitative estimate of drug-likeness (QED) is 0.284.